The number of halogens is 3. The molecule has 0 radical (unpaired) electrons. The summed E-state index contributed by atoms with van der Waals surface area (Å²) in [7, 11) is 0. The van der Waals surface area contributed by atoms with Gasteiger partial charge < -0.3 is 35.1 Å². The maximum atomic E-state index is 12.2. The molecule has 30 heavy (non-hydrogen) atoms. The molecule has 168 valence electrons. The van der Waals surface area contributed by atoms with Crippen LogP contribution < -0.4 is 15.4 Å². The molecule has 4 N–H and O–H groups in total. The van der Waals surface area contributed by atoms with E-state index in [1.165, 1.54) is 12.1 Å². The molecule has 0 spiro atoms. The van der Waals surface area contributed by atoms with Gasteiger partial charge in [-0.25, -0.2) is 4.79 Å². The summed E-state index contributed by atoms with van der Waals surface area (Å²) in [6.45, 7) is 1.94. The summed E-state index contributed by atoms with van der Waals surface area (Å²) in [6.07, 6.45) is -7.01. The Morgan fingerprint density at radius 1 is 1.20 bits per heavy atom. The number of hydrogen-bond acceptors (Lipinski definition) is 7. The molecule has 1 aromatic rings. The summed E-state index contributed by atoms with van der Waals surface area (Å²) in [4.78, 5) is 14.2. The zero-order valence-electron chi connectivity index (χ0n) is 16.0. The Balaban J connectivity index is 1.53. The molecule has 4 atom stereocenters. The van der Waals surface area contributed by atoms with Gasteiger partial charge in [0, 0.05) is 25.3 Å². The van der Waals surface area contributed by atoms with Gasteiger partial charge in [0.25, 0.3) is 0 Å². The number of carbonyl (C=O) groups excluding carboxylic acids is 1. The smallest absolute Gasteiger partial charge is 0.406 e. The molecule has 0 bridgehead atoms. The van der Waals surface area contributed by atoms with E-state index in [4.69, 9.17) is 9.47 Å². The van der Waals surface area contributed by atoms with Crippen molar-refractivity contribution in [2.75, 3.05) is 44.8 Å². The molecule has 3 rings (SSSR count). The maximum absolute atomic E-state index is 12.2. The first-order chi connectivity index (χ1) is 14.3. The lowest BCUT2D eigenvalue weighted by molar-refractivity contribution is -0.274. The minimum absolute atomic E-state index is 0.0662. The topological polar surface area (TPSA) is 113 Å². The van der Waals surface area contributed by atoms with Crippen molar-refractivity contribution in [1.82, 2.24) is 10.2 Å². The van der Waals surface area contributed by atoms with E-state index in [0.717, 1.165) is 12.1 Å². The second kappa shape index (κ2) is 9.79. The number of anilines is 1. The molecule has 0 aromatic heterocycles. The maximum Gasteiger partial charge on any atom is 0.573 e. The van der Waals surface area contributed by atoms with Gasteiger partial charge in [-0.05, 0) is 24.3 Å². The van der Waals surface area contributed by atoms with Crippen molar-refractivity contribution in [3.63, 3.8) is 0 Å². The van der Waals surface area contributed by atoms with E-state index in [0.29, 0.717) is 26.3 Å². The average molecular weight is 435 g/mol. The SMILES string of the molecule is O=C(NC[C@H]1O[C@@H](CO)[C@@H](O)[C@@H]1N1CCOCC1)Nc1ccc(OC(F)(F)F)cc1. The minimum Gasteiger partial charge on any atom is -0.406 e. The van der Waals surface area contributed by atoms with E-state index in [1.807, 2.05) is 4.90 Å². The van der Waals surface area contributed by atoms with E-state index in [2.05, 4.69) is 15.4 Å². The number of alkyl halides is 3. The number of ether oxygens (including phenoxy) is 3. The van der Waals surface area contributed by atoms with Crippen molar-refractivity contribution in [1.29, 1.82) is 0 Å². The molecule has 2 heterocycles. The van der Waals surface area contributed by atoms with E-state index in [9.17, 15) is 28.2 Å². The lowest BCUT2D eigenvalue weighted by Crippen LogP contribution is -2.54. The van der Waals surface area contributed by atoms with Crippen LogP contribution in [-0.2, 0) is 9.47 Å². The van der Waals surface area contributed by atoms with Crippen molar-refractivity contribution >= 4 is 11.7 Å². The third-order valence-corrected chi connectivity index (χ3v) is 4.92. The number of rotatable bonds is 6. The molecule has 9 nitrogen and oxygen atoms in total. The Labute approximate surface area is 170 Å². The van der Waals surface area contributed by atoms with Gasteiger partial charge in [-0.15, -0.1) is 13.2 Å². The number of carbonyl (C=O) groups is 1. The number of nitrogens with one attached hydrogen (secondary N) is 2. The first-order valence-corrected chi connectivity index (χ1v) is 9.43. The average Bonchev–Trinajstić information content (AvgIpc) is 3.03. The fourth-order valence-electron chi connectivity index (χ4n) is 3.58. The molecule has 2 saturated heterocycles. The van der Waals surface area contributed by atoms with Crippen LogP contribution in [0.1, 0.15) is 0 Å². The molecule has 12 heteroatoms. The van der Waals surface area contributed by atoms with Gasteiger partial charge in [-0.3, -0.25) is 4.90 Å². The first kappa shape index (κ1) is 22.6. The van der Waals surface area contributed by atoms with Crippen LogP contribution in [0, 0.1) is 0 Å². The highest BCUT2D eigenvalue weighted by Gasteiger charge is 2.46. The number of amides is 2. The molecule has 2 fully saturated rings. The summed E-state index contributed by atoms with van der Waals surface area (Å²) in [5.74, 6) is -0.398. The molecule has 2 aliphatic rings. The number of morpholine rings is 1. The Hall–Kier alpha value is -2.12. The van der Waals surface area contributed by atoms with Crippen LogP contribution in [0.4, 0.5) is 23.7 Å². The zero-order valence-corrected chi connectivity index (χ0v) is 16.0. The second-order valence-electron chi connectivity index (χ2n) is 6.93. The predicted octanol–water partition coefficient (Wildman–Crippen LogP) is 0.528. The van der Waals surface area contributed by atoms with Crippen LogP contribution in [0.25, 0.3) is 0 Å². The minimum atomic E-state index is -4.79. The number of aliphatic hydroxyl groups excluding tert-OH is 2. The molecule has 2 aliphatic heterocycles. The number of nitrogens with zero attached hydrogens (tertiary/aromatic N) is 1. The third kappa shape index (κ3) is 5.95. The van der Waals surface area contributed by atoms with Gasteiger partial charge in [0.1, 0.15) is 18.0 Å². The van der Waals surface area contributed by atoms with Crippen molar-refractivity contribution in [2.24, 2.45) is 0 Å². The highest BCUT2D eigenvalue weighted by Crippen LogP contribution is 2.27. The molecule has 2 amide bonds. The molecule has 1 aromatic carbocycles. The monoisotopic (exact) mass is 435 g/mol. The molecule has 0 aliphatic carbocycles. The first-order valence-electron chi connectivity index (χ1n) is 9.43. The Kier molecular flexibility index (Phi) is 7.36. The fourth-order valence-corrected chi connectivity index (χ4v) is 3.58. The molecular formula is C18H24F3N3O6. The van der Waals surface area contributed by atoms with Gasteiger partial charge in [0.15, 0.2) is 0 Å². The van der Waals surface area contributed by atoms with Crippen molar-refractivity contribution < 1.29 is 42.4 Å². The fraction of sp³-hybridized carbons (Fsp3) is 0.611. The van der Waals surface area contributed by atoms with Crippen LogP contribution >= 0.6 is 0 Å². The lowest BCUT2D eigenvalue weighted by Gasteiger charge is -2.36. The molecular weight excluding hydrogens is 411 g/mol. The Morgan fingerprint density at radius 2 is 1.87 bits per heavy atom. The van der Waals surface area contributed by atoms with Crippen molar-refractivity contribution in [3.05, 3.63) is 24.3 Å². The Bertz CT molecular complexity index is 699. The number of benzene rings is 1. The third-order valence-electron chi connectivity index (χ3n) is 4.92. The van der Waals surface area contributed by atoms with Gasteiger partial charge in [0.05, 0.1) is 32.0 Å². The largest absolute Gasteiger partial charge is 0.573 e. The number of urea groups is 1. The van der Waals surface area contributed by atoms with Crippen molar-refractivity contribution in [3.8, 4) is 5.75 Å². The van der Waals surface area contributed by atoms with Gasteiger partial charge in [0.2, 0.25) is 0 Å². The summed E-state index contributed by atoms with van der Waals surface area (Å²) >= 11 is 0. The zero-order chi connectivity index (χ0) is 21.7. The van der Waals surface area contributed by atoms with Gasteiger partial charge in [-0.2, -0.15) is 0 Å². The molecule has 0 saturated carbocycles. The summed E-state index contributed by atoms with van der Waals surface area (Å²) in [5, 5.41) is 25.0. The van der Waals surface area contributed by atoms with Crippen LogP contribution in [0.2, 0.25) is 0 Å². The summed E-state index contributed by atoms with van der Waals surface area (Å²) in [5.41, 5.74) is 0.271. The lowest BCUT2D eigenvalue weighted by atomic mass is 10.0. The standard InChI is InChI=1S/C18H24F3N3O6/c19-18(20,21)30-12-3-1-11(2-4-12)23-17(27)22-9-13-15(16(26)14(10-25)29-13)24-5-7-28-8-6-24/h1-4,13-16,25-26H,5-10H2,(H2,22,23,27)/t13-,14+,15-,16-/m1/s1. The van der Waals surface area contributed by atoms with Crippen LogP contribution in [0.15, 0.2) is 24.3 Å². The molecule has 0 unspecified atom stereocenters. The number of hydrogen-bond donors (Lipinski definition) is 4. The normalized spacial score (nSPS) is 27.6. The van der Waals surface area contributed by atoms with E-state index in [-0.39, 0.29) is 18.8 Å². The predicted molar refractivity (Wildman–Crippen MR) is 98.1 cm³/mol. The van der Waals surface area contributed by atoms with Crippen LogP contribution in [0.5, 0.6) is 5.75 Å². The Morgan fingerprint density at radius 3 is 2.47 bits per heavy atom. The van der Waals surface area contributed by atoms with Gasteiger partial charge >= 0.3 is 12.4 Å². The summed E-state index contributed by atoms with van der Waals surface area (Å²) < 4.78 is 51.4. The van der Waals surface area contributed by atoms with Gasteiger partial charge in [-0.1, -0.05) is 0 Å². The second-order valence-corrected chi connectivity index (χ2v) is 6.93. The summed E-state index contributed by atoms with van der Waals surface area (Å²) in [6, 6.07) is 3.71. The van der Waals surface area contributed by atoms with Crippen LogP contribution in [0.3, 0.4) is 0 Å². The van der Waals surface area contributed by atoms with E-state index in [1.54, 1.807) is 0 Å². The number of aliphatic hydroxyl groups is 2. The highest BCUT2D eigenvalue weighted by atomic mass is 19.4. The van der Waals surface area contributed by atoms with E-state index < -0.39 is 42.5 Å². The van der Waals surface area contributed by atoms with Crippen molar-refractivity contribution in [2.45, 2.75) is 30.7 Å². The van der Waals surface area contributed by atoms with E-state index >= 15 is 0 Å². The van der Waals surface area contributed by atoms with Crippen LogP contribution in [-0.4, -0.2) is 91.3 Å². The highest BCUT2D eigenvalue weighted by molar-refractivity contribution is 5.89. The quantitative estimate of drug-likeness (QED) is 0.516.